The predicted octanol–water partition coefficient (Wildman–Crippen LogP) is 3.02. The first-order valence-electron chi connectivity index (χ1n) is 6.06. The molecule has 0 spiro atoms. The Hall–Kier alpha value is -0.860. The molecule has 88 valence electrons. The summed E-state index contributed by atoms with van der Waals surface area (Å²) in [5.74, 6) is 0.0438. The molecule has 0 aliphatic carbocycles. The van der Waals surface area contributed by atoms with Crippen LogP contribution in [0.25, 0.3) is 0 Å². The first-order chi connectivity index (χ1) is 7.74. The highest BCUT2D eigenvalue weighted by Gasteiger charge is 2.38. The molecule has 2 nitrogen and oxygen atoms in total. The van der Waals surface area contributed by atoms with E-state index in [1.807, 2.05) is 0 Å². The summed E-state index contributed by atoms with van der Waals surface area (Å²) in [7, 11) is 0. The van der Waals surface area contributed by atoms with Crippen molar-refractivity contribution in [1.29, 1.82) is 0 Å². The van der Waals surface area contributed by atoms with Crippen LogP contribution in [0.5, 0.6) is 0 Å². The second kappa shape index (κ2) is 4.98. The molecular formula is C14H20O2. The monoisotopic (exact) mass is 220 g/mol. The predicted molar refractivity (Wildman–Crippen MR) is 64.2 cm³/mol. The van der Waals surface area contributed by atoms with Gasteiger partial charge < -0.3 is 9.47 Å². The van der Waals surface area contributed by atoms with Crippen molar-refractivity contribution in [2.24, 2.45) is 5.92 Å². The number of benzene rings is 1. The third kappa shape index (κ3) is 2.45. The van der Waals surface area contributed by atoms with Gasteiger partial charge in [0.2, 0.25) is 0 Å². The van der Waals surface area contributed by atoms with Crippen LogP contribution in [0.1, 0.15) is 25.8 Å². The molecule has 2 rings (SSSR count). The minimum Gasteiger partial charge on any atom is -0.348 e. The number of ether oxygens (including phenoxy) is 2. The van der Waals surface area contributed by atoms with Crippen LogP contribution in [0.4, 0.5) is 0 Å². The molecule has 2 heteroatoms. The Morgan fingerprint density at radius 1 is 1.19 bits per heavy atom. The first-order valence-corrected chi connectivity index (χ1v) is 6.06. The van der Waals surface area contributed by atoms with Gasteiger partial charge in [0.25, 0.3) is 0 Å². The molecule has 0 radical (unpaired) electrons. The zero-order chi connectivity index (χ0) is 11.4. The summed E-state index contributed by atoms with van der Waals surface area (Å²) >= 11 is 0. The molecule has 1 aromatic carbocycles. The Balaban J connectivity index is 2.06. The van der Waals surface area contributed by atoms with Gasteiger partial charge >= 0.3 is 0 Å². The molecule has 16 heavy (non-hydrogen) atoms. The van der Waals surface area contributed by atoms with E-state index >= 15 is 0 Å². The Morgan fingerprint density at radius 3 is 2.38 bits per heavy atom. The lowest BCUT2D eigenvalue weighted by atomic mass is 9.90. The molecule has 1 aliphatic rings. The molecule has 0 saturated carbocycles. The quantitative estimate of drug-likeness (QED) is 0.776. The van der Waals surface area contributed by atoms with Crippen LogP contribution in [0.3, 0.4) is 0 Å². The third-order valence-electron chi connectivity index (χ3n) is 3.42. The molecule has 1 fully saturated rings. The molecule has 1 atom stereocenters. The van der Waals surface area contributed by atoms with Crippen LogP contribution in [-0.4, -0.2) is 19.0 Å². The van der Waals surface area contributed by atoms with E-state index in [2.05, 4.69) is 44.2 Å². The first kappa shape index (κ1) is 11.6. The van der Waals surface area contributed by atoms with Gasteiger partial charge in [-0.3, -0.25) is 0 Å². The standard InChI is InChI=1S/C14H20O2/c1-3-13(14(2)15-9-10-16-14)11-12-7-5-4-6-8-12/h4-8,13H,3,9-11H2,1-2H3. The molecule has 0 N–H and O–H groups in total. The maximum atomic E-state index is 5.74. The smallest absolute Gasteiger partial charge is 0.168 e. The fourth-order valence-corrected chi connectivity index (χ4v) is 2.37. The zero-order valence-electron chi connectivity index (χ0n) is 10.1. The summed E-state index contributed by atoms with van der Waals surface area (Å²) < 4.78 is 11.5. The van der Waals surface area contributed by atoms with Crippen molar-refractivity contribution in [2.75, 3.05) is 13.2 Å². The Kier molecular flexibility index (Phi) is 3.62. The van der Waals surface area contributed by atoms with Gasteiger partial charge in [0.05, 0.1) is 13.2 Å². The molecule has 1 aliphatic heterocycles. The lowest BCUT2D eigenvalue weighted by molar-refractivity contribution is -0.181. The fraction of sp³-hybridized carbons (Fsp3) is 0.571. The average Bonchev–Trinajstić information content (AvgIpc) is 2.75. The summed E-state index contributed by atoms with van der Waals surface area (Å²) in [6.07, 6.45) is 2.10. The normalized spacial score (nSPS) is 20.9. The summed E-state index contributed by atoms with van der Waals surface area (Å²) in [5, 5.41) is 0. The van der Waals surface area contributed by atoms with Crippen LogP contribution in [-0.2, 0) is 15.9 Å². The second-order valence-electron chi connectivity index (χ2n) is 4.51. The minimum absolute atomic E-state index is 0.384. The SMILES string of the molecule is CCC(Cc1ccccc1)C1(C)OCCO1. The zero-order valence-corrected chi connectivity index (χ0v) is 10.1. The van der Waals surface area contributed by atoms with Gasteiger partial charge in [-0.2, -0.15) is 0 Å². The maximum absolute atomic E-state index is 5.74. The highest BCUT2D eigenvalue weighted by molar-refractivity contribution is 5.15. The summed E-state index contributed by atoms with van der Waals surface area (Å²) in [6.45, 7) is 5.71. The van der Waals surface area contributed by atoms with E-state index in [4.69, 9.17) is 9.47 Å². The van der Waals surface area contributed by atoms with Crippen molar-refractivity contribution < 1.29 is 9.47 Å². The molecule has 0 bridgehead atoms. The van der Waals surface area contributed by atoms with Gasteiger partial charge in [0.15, 0.2) is 5.79 Å². The number of hydrogen-bond acceptors (Lipinski definition) is 2. The van der Waals surface area contributed by atoms with Crippen LogP contribution >= 0.6 is 0 Å². The molecule has 0 amide bonds. The third-order valence-corrected chi connectivity index (χ3v) is 3.42. The highest BCUT2D eigenvalue weighted by atomic mass is 16.7. The lowest BCUT2D eigenvalue weighted by Gasteiger charge is -2.31. The van der Waals surface area contributed by atoms with Gasteiger partial charge in [-0.15, -0.1) is 0 Å². The van der Waals surface area contributed by atoms with Gasteiger partial charge in [-0.25, -0.2) is 0 Å². The van der Waals surface area contributed by atoms with Gasteiger partial charge in [-0.1, -0.05) is 37.3 Å². The molecule has 1 unspecified atom stereocenters. The largest absolute Gasteiger partial charge is 0.348 e. The summed E-state index contributed by atoms with van der Waals surface area (Å²) in [6, 6.07) is 10.6. The average molecular weight is 220 g/mol. The maximum Gasteiger partial charge on any atom is 0.168 e. The molecular weight excluding hydrogens is 200 g/mol. The molecule has 1 saturated heterocycles. The minimum atomic E-state index is -0.384. The van der Waals surface area contributed by atoms with E-state index in [0.717, 1.165) is 26.1 Å². The number of hydrogen-bond donors (Lipinski definition) is 0. The summed E-state index contributed by atoms with van der Waals surface area (Å²) in [5.41, 5.74) is 1.36. The van der Waals surface area contributed by atoms with Crippen molar-refractivity contribution >= 4 is 0 Å². The van der Waals surface area contributed by atoms with E-state index in [9.17, 15) is 0 Å². The van der Waals surface area contributed by atoms with Crippen molar-refractivity contribution in [2.45, 2.75) is 32.5 Å². The number of rotatable bonds is 4. The fourth-order valence-electron chi connectivity index (χ4n) is 2.37. The van der Waals surface area contributed by atoms with E-state index in [1.165, 1.54) is 5.56 Å². The Morgan fingerprint density at radius 2 is 1.81 bits per heavy atom. The van der Waals surface area contributed by atoms with Crippen LogP contribution in [0, 0.1) is 5.92 Å². The van der Waals surface area contributed by atoms with Gasteiger partial charge in [0.1, 0.15) is 0 Å². The van der Waals surface area contributed by atoms with Crippen LogP contribution < -0.4 is 0 Å². The summed E-state index contributed by atoms with van der Waals surface area (Å²) in [4.78, 5) is 0. The van der Waals surface area contributed by atoms with Gasteiger partial charge in [0, 0.05) is 5.92 Å². The highest BCUT2D eigenvalue weighted by Crippen LogP contribution is 2.32. The van der Waals surface area contributed by atoms with E-state index in [0.29, 0.717) is 5.92 Å². The van der Waals surface area contributed by atoms with Crippen LogP contribution in [0.15, 0.2) is 30.3 Å². The van der Waals surface area contributed by atoms with Crippen molar-refractivity contribution in [3.63, 3.8) is 0 Å². The van der Waals surface area contributed by atoms with E-state index < -0.39 is 0 Å². The molecule has 1 aromatic rings. The van der Waals surface area contributed by atoms with Crippen LogP contribution in [0.2, 0.25) is 0 Å². The Labute approximate surface area is 97.6 Å². The van der Waals surface area contributed by atoms with Crippen molar-refractivity contribution in [1.82, 2.24) is 0 Å². The molecule has 1 heterocycles. The Bertz CT molecular complexity index is 315. The molecule has 0 aromatic heterocycles. The van der Waals surface area contributed by atoms with Crippen molar-refractivity contribution in [3.05, 3.63) is 35.9 Å². The van der Waals surface area contributed by atoms with E-state index in [-0.39, 0.29) is 5.79 Å². The lowest BCUT2D eigenvalue weighted by Crippen LogP contribution is -2.36. The van der Waals surface area contributed by atoms with Gasteiger partial charge in [-0.05, 0) is 25.3 Å². The van der Waals surface area contributed by atoms with E-state index in [1.54, 1.807) is 0 Å². The topological polar surface area (TPSA) is 18.5 Å². The second-order valence-corrected chi connectivity index (χ2v) is 4.51. The van der Waals surface area contributed by atoms with Crippen molar-refractivity contribution in [3.8, 4) is 0 Å².